The Morgan fingerprint density at radius 3 is 2.42 bits per heavy atom. The molecule has 3 aliphatic heterocycles. The number of hydrazone groups is 1. The van der Waals surface area contributed by atoms with Gasteiger partial charge in [-0.25, -0.2) is 14.2 Å². The van der Waals surface area contributed by atoms with Crippen LogP contribution in [0, 0.1) is 10.1 Å². The Morgan fingerprint density at radius 1 is 1.05 bits per heavy atom. The van der Waals surface area contributed by atoms with Crippen molar-refractivity contribution in [2.45, 2.75) is 19.3 Å². The molecule has 3 heterocycles. The number of benzene rings is 3. The van der Waals surface area contributed by atoms with Gasteiger partial charge in [0.1, 0.15) is 0 Å². The average molecular weight is 621 g/mol. The number of likely N-dealkylation sites (N-methyl/N-ethyl adjacent to an activating group) is 1. The highest BCUT2D eigenvalue weighted by Gasteiger charge is 2.50. The van der Waals surface area contributed by atoms with Gasteiger partial charge in [0.2, 0.25) is 0 Å². The van der Waals surface area contributed by atoms with E-state index in [1.54, 1.807) is 6.07 Å². The summed E-state index contributed by atoms with van der Waals surface area (Å²) in [5.41, 5.74) is 4.86. The number of ether oxygens (including phenoxy) is 1. The Bertz CT molecular complexity index is 1600. The maximum Gasteiger partial charge on any atom is 0.270 e. The predicted molar refractivity (Wildman–Crippen MR) is 165 cm³/mol. The zero-order valence-corrected chi connectivity index (χ0v) is 25.0. The summed E-state index contributed by atoms with van der Waals surface area (Å²) in [6.07, 6.45) is 1.98. The number of allylic oxidation sites excluding steroid dienone is 2. The third-order valence-electron chi connectivity index (χ3n) is 7.74. The van der Waals surface area contributed by atoms with Gasteiger partial charge in [-0.1, -0.05) is 50.2 Å². The van der Waals surface area contributed by atoms with E-state index in [1.807, 2.05) is 24.4 Å². The van der Waals surface area contributed by atoms with Crippen LogP contribution in [0.5, 0.6) is 0 Å². The van der Waals surface area contributed by atoms with E-state index in [9.17, 15) is 10.1 Å². The van der Waals surface area contributed by atoms with Gasteiger partial charge < -0.3 is 9.64 Å². The predicted octanol–water partition coefficient (Wildman–Crippen LogP) is 7.50. The number of nitro groups is 1. The van der Waals surface area contributed by atoms with Gasteiger partial charge in [0, 0.05) is 49.1 Å². The van der Waals surface area contributed by atoms with Crippen LogP contribution in [0.25, 0.3) is 0 Å². The van der Waals surface area contributed by atoms with Crippen LogP contribution in [-0.2, 0) is 10.2 Å². The highest BCUT2D eigenvalue weighted by Crippen LogP contribution is 2.71. The lowest BCUT2D eigenvalue weighted by atomic mass is 9.84. The SMILES string of the molecule is CN1/C(=C2/C=NN(c3ccccc3)P2(=Nc2ccc([N+](=O)[O-])cc2Br)N2CCOCC2)C(C)(C)c2ccccc21. The van der Waals surface area contributed by atoms with Crippen LogP contribution in [0.1, 0.15) is 19.4 Å². The minimum Gasteiger partial charge on any atom is -0.379 e. The van der Waals surface area contributed by atoms with Crippen LogP contribution in [-0.4, -0.2) is 49.2 Å². The first kappa shape index (κ1) is 26.9. The van der Waals surface area contributed by atoms with Gasteiger partial charge in [-0.2, -0.15) is 5.10 Å². The summed E-state index contributed by atoms with van der Waals surface area (Å²) in [5, 5.41) is 17.6. The summed E-state index contributed by atoms with van der Waals surface area (Å²) in [6.45, 7) is 7.05. The van der Waals surface area contributed by atoms with Crippen molar-refractivity contribution in [1.82, 2.24) is 4.67 Å². The number of hydrogen-bond donors (Lipinski definition) is 0. The van der Waals surface area contributed by atoms with Crippen LogP contribution in [0.2, 0.25) is 0 Å². The topological polar surface area (TPSA) is 86.8 Å². The minimum absolute atomic E-state index is 0.0119. The Hall–Kier alpha value is -3.30. The summed E-state index contributed by atoms with van der Waals surface area (Å²) in [4.78, 5) is 13.4. The van der Waals surface area contributed by atoms with Gasteiger partial charge in [0.15, 0.2) is 7.36 Å². The van der Waals surface area contributed by atoms with Crippen molar-refractivity contribution in [2.24, 2.45) is 9.85 Å². The van der Waals surface area contributed by atoms with E-state index in [2.05, 4.69) is 87.6 Å². The molecular formula is C29H30BrN6O3P. The zero-order chi connectivity index (χ0) is 28.1. The second-order valence-corrected chi connectivity index (χ2v) is 14.0. The molecule has 0 aromatic heterocycles. The van der Waals surface area contributed by atoms with E-state index >= 15 is 0 Å². The monoisotopic (exact) mass is 620 g/mol. The Morgan fingerprint density at radius 2 is 1.75 bits per heavy atom. The Balaban J connectivity index is 1.69. The fourth-order valence-corrected chi connectivity index (χ4v) is 10.3. The van der Waals surface area contributed by atoms with E-state index in [4.69, 9.17) is 14.6 Å². The lowest BCUT2D eigenvalue weighted by Gasteiger charge is -2.43. The molecule has 1 atom stereocenters. The Labute approximate surface area is 242 Å². The molecule has 0 saturated carbocycles. The smallest absolute Gasteiger partial charge is 0.270 e. The largest absolute Gasteiger partial charge is 0.379 e. The molecule has 3 aromatic rings. The minimum atomic E-state index is -2.82. The van der Waals surface area contributed by atoms with Gasteiger partial charge >= 0.3 is 0 Å². The number of nitro benzene ring substituents is 1. The number of morpholine rings is 1. The van der Waals surface area contributed by atoms with Crippen LogP contribution in [0.15, 0.2) is 98.1 Å². The standard InChI is InChI=1S/C29H30BrN6O3P/c1-29(2)23-11-7-8-12-26(23)33(3)28(29)27-20-31-35(21-9-5-4-6-10-21)40(27,34-15-17-39-18-16-34)32-25-14-13-22(36(37)38)19-24(25)30/h4-14,19-20H,15-18H2,1-3H3/b28-27-. The van der Waals surface area contributed by atoms with E-state index < -0.39 is 12.3 Å². The van der Waals surface area contributed by atoms with E-state index in [-0.39, 0.29) is 11.1 Å². The van der Waals surface area contributed by atoms with Crippen LogP contribution < -0.4 is 9.68 Å². The second-order valence-electron chi connectivity index (χ2n) is 10.4. The number of non-ortho nitro benzene ring substituents is 1. The van der Waals surface area contributed by atoms with Crippen molar-refractivity contribution in [1.29, 1.82) is 0 Å². The number of anilines is 2. The van der Waals surface area contributed by atoms with Crippen LogP contribution in [0.4, 0.5) is 22.7 Å². The third-order valence-corrected chi connectivity index (χ3v) is 11.9. The van der Waals surface area contributed by atoms with E-state index in [0.717, 1.165) is 22.4 Å². The molecule has 9 nitrogen and oxygen atoms in total. The summed E-state index contributed by atoms with van der Waals surface area (Å²) >= 11 is 3.60. The van der Waals surface area contributed by atoms with Crippen molar-refractivity contribution in [2.75, 3.05) is 43.0 Å². The summed E-state index contributed by atoms with van der Waals surface area (Å²) in [5.74, 6) is 0. The third kappa shape index (κ3) is 4.21. The van der Waals surface area contributed by atoms with Crippen LogP contribution in [0.3, 0.4) is 0 Å². The maximum atomic E-state index is 11.5. The second kappa shape index (κ2) is 10.3. The highest BCUT2D eigenvalue weighted by atomic mass is 79.9. The fourth-order valence-electron chi connectivity index (χ4n) is 5.91. The maximum absolute atomic E-state index is 11.5. The van der Waals surface area contributed by atoms with Crippen molar-refractivity contribution in [3.63, 3.8) is 0 Å². The van der Waals surface area contributed by atoms with Gasteiger partial charge in [0.25, 0.3) is 5.69 Å². The number of fused-ring (bicyclic) bond motifs is 1. The van der Waals surface area contributed by atoms with Crippen molar-refractivity contribution < 1.29 is 9.66 Å². The van der Waals surface area contributed by atoms with E-state index in [0.29, 0.717) is 36.5 Å². The first-order valence-electron chi connectivity index (χ1n) is 13.1. The van der Waals surface area contributed by atoms with Crippen molar-refractivity contribution in [3.05, 3.63) is 104 Å². The molecule has 0 N–H and O–H groups in total. The molecule has 6 rings (SSSR count). The molecule has 1 saturated heterocycles. The van der Waals surface area contributed by atoms with E-state index in [1.165, 1.54) is 17.7 Å². The first-order chi connectivity index (χ1) is 19.2. The van der Waals surface area contributed by atoms with Gasteiger partial charge in [-0.15, -0.1) is 0 Å². The number of hydrogen-bond acceptors (Lipinski definition) is 6. The van der Waals surface area contributed by atoms with Crippen LogP contribution >= 0.6 is 23.3 Å². The molecule has 3 aliphatic rings. The number of para-hydroxylation sites is 2. The molecule has 206 valence electrons. The molecule has 11 heteroatoms. The molecular weight excluding hydrogens is 591 g/mol. The van der Waals surface area contributed by atoms with Crippen molar-refractivity contribution >= 4 is 52.2 Å². The number of rotatable bonds is 4. The van der Waals surface area contributed by atoms with Gasteiger partial charge in [0.05, 0.1) is 45.5 Å². The molecule has 1 unspecified atom stereocenters. The number of halogens is 1. The number of nitrogens with zero attached hydrogens (tertiary/aromatic N) is 6. The molecule has 0 amide bonds. The summed E-state index contributed by atoms with van der Waals surface area (Å²) < 4.78 is 16.5. The molecule has 1 fully saturated rings. The molecule has 0 bridgehead atoms. The fraction of sp³-hybridized carbons (Fsp3) is 0.276. The van der Waals surface area contributed by atoms with Crippen molar-refractivity contribution in [3.8, 4) is 0 Å². The lowest BCUT2D eigenvalue weighted by molar-refractivity contribution is -0.384. The van der Waals surface area contributed by atoms with Gasteiger partial charge in [-0.3, -0.25) is 10.1 Å². The quantitative estimate of drug-likeness (QED) is 0.170. The molecule has 0 radical (unpaired) electrons. The summed E-state index contributed by atoms with van der Waals surface area (Å²) in [7, 11) is -0.704. The normalized spacial score (nSPS) is 23.9. The lowest BCUT2D eigenvalue weighted by Crippen LogP contribution is -2.38. The van der Waals surface area contributed by atoms with Gasteiger partial charge in [-0.05, 0) is 45.8 Å². The molecule has 0 spiro atoms. The zero-order valence-electron chi connectivity index (χ0n) is 22.6. The molecule has 40 heavy (non-hydrogen) atoms. The Kier molecular flexibility index (Phi) is 6.91. The highest BCUT2D eigenvalue weighted by molar-refractivity contribution is 9.10. The first-order valence-corrected chi connectivity index (χ1v) is 15.6. The molecule has 0 aliphatic carbocycles. The molecule has 3 aromatic carbocycles. The average Bonchev–Trinajstić information content (AvgIpc) is 3.42. The summed E-state index contributed by atoms with van der Waals surface area (Å²) in [6, 6.07) is 23.4.